The second-order valence-electron chi connectivity index (χ2n) is 4.89. The molecule has 18 heavy (non-hydrogen) atoms. The van der Waals surface area contributed by atoms with Gasteiger partial charge in [0, 0.05) is 11.1 Å². The predicted octanol–water partition coefficient (Wildman–Crippen LogP) is 3.91. The topological polar surface area (TPSA) is 17.1 Å². The maximum absolute atomic E-state index is 12.3. The van der Waals surface area contributed by atoms with E-state index in [2.05, 4.69) is 13.0 Å². The van der Waals surface area contributed by atoms with Gasteiger partial charge in [0.2, 0.25) is 0 Å². The van der Waals surface area contributed by atoms with Crippen LogP contribution in [0.15, 0.2) is 29.8 Å². The highest BCUT2D eigenvalue weighted by Gasteiger charge is 2.30. The number of ketones is 1. The smallest absolute Gasteiger partial charge is 0.189 e. The molecule has 0 saturated carbocycles. The van der Waals surface area contributed by atoms with Crippen LogP contribution in [0.5, 0.6) is 0 Å². The molecule has 0 spiro atoms. The highest BCUT2D eigenvalue weighted by molar-refractivity contribution is 8.16. The zero-order valence-electron chi connectivity index (χ0n) is 11.0. The third-order valence-electron chi connectivity index (χ3n) is 3.93. The summed E-state index contributed by atoms with van der Waals surface area (Å²) in [6.07, 6.45) is 2.48. The summed E-state index contributed by atoms with van der Waals surface area (Å²) in [6, 6.07) is 8.09. The first-order valence-electron chi connectivity index (χ1n) is 6.62. The van der Waals surface area contributed by atoms with E-state index in [1.165, 1.54) is 35.5 Å². The molecule has 1 nitrogen and oxygen atoms in total. The summed E-state index contributed by atoms with van der Waals surface area (Å²) in [4.78, 5) is 13.9. The molecule has 0 fully saturated rings. The number of hydrogen-bond acceptors (Lipinski definition) is 1. The van der Waals surface area contributed by atoms with Crippen LogP contribution < -0.4 is 0 Å². The molecule has 1 aliphatic heterocycles. The lowest BCUT2D eigenvalue weighted by molar-refractivity contribution is 0.103. The van der Waals surface area contributed by atoms with E-state index >= 15 is 0 Å². The summed E-state index contributed by atoms with van der Waals surface area (Å²) in [5.74, 6) is 2.78. The number of rotatable bonds is 2. The van der Waals surface area contributed by atoms with E-state index in [1.54, 1.807) is 4.86 Å². The Morgan fingerprint density at radius 1 is 1.22 bits per heavy atom. The van der Waals surface area contributed by atoms with Crippen molar-refractivity contribution in [3.05, 3.63) is 41.0 Å². The van der Waals surface area contributed by atoms with Gasteiger partial charge in [-0.1, -0.05) is 31.2 Å². The summed E-state index contributed by atoms with van der Waals surface area (Å²) in [5.41, 5.74) is 4.35. The van der Waals surface area contributed by atoms with Gasteiger partial charge in [-0.2, -0.15) is 10.5 Å². The largest absolute Gasteiger partial charge is 0.289 e. The quantitative estimate of drug-likeness (QED) is 0.735. The van der Waals surface area contributed by atoms with Crippen LogP contribution in [0.25, 0.3) is 5.57 Å². The van der Waals surface area contributed by atoms with E-state index in [1.807, 2.05) is 25.1 Å². The molecule has 1 heterocycles. The molecule has 0 aromatic heterocycles. The van der Waals surface area contributed by atoms with Crippen LogP contribution in [0, 0.1) is 0 Å². The van der Waals surface area contributed by atoms with E-state index in [0.29, 0.717) is 10.5 Å². The molecule has 1 aromatic rings. The highest BCUT2D eigenvalue weighted by atomic mass is 32.2. The Morgan fingerprint density at radius 2 is 1.94 bits per heavy atom. The number of fused-ring (bicyclic) bond motifs is 1. The SMILES string of the molecule is CCS1=C(C2=C(C)C(=O)c3ccccc32)CCC1. The normalized spacial score (nSPS) is 22.9. The number of allylic oxidation sites excluding steroid dienone is 2. The van der Waals surface area contributed by atoms with Gasteiger partial charge < -0.3 is 0 Å². The van der Waals surface area contributed by atoms with E-state index in [0.717, 1.165) is 11.1 Å². The molecular weight excluding hydrogens is 240 g/mol. The van der Waals surface area contributed by atoms with Gasteiger partial charge in [0.25, 0.3) is 0 Å². The van der Waals surface area contributed by atoms with Crippen molar-refractivity contribution in [1.82, 2.24) is 0 Å². The van der Waals surface area contributed by atoms with Crippen molar-refractivity contribution in [2.45, 2.75) is 26.7 Å². The number of carbonyl (C=O) groups is 1. The zero-order valence-corrected chi connectivity index (χ0v) is 11.8. The second-order valence-corrected chi connectivity index (χ2v) is 7.35. The third-order valence-corrected chi connectivity index (χ3v) is 6.51. The van der Waals surface area contributed by atoms with E-state index in [-0.39, 0.29) is 5.78 Å². The minimum Gasteiger partial charge on any atom is -0.289 e. The molecule has 0 N–H and O–H groups in total. The minimum absolute atomic E-state index is 0.236. The van der Waals surface area contributed by atoms with Gasteiger partial charge in [-0.25, -0.2) is 0 Å². The zero-order chi connectivity index (χ0) is 12.7. The van der Waals surface area contributed by atoms with Crippen molar-refractivity contribution >= 4 is 26.7 Å². The molecule has 1 atom stereocenters. The monoisotopic (exact) mass is 258 g/mol. The van der Waals surface area contributed by atoms with Crippen molar-refractivity contribution in [1.29, 1.82) is 0 Å². The Balaban J connectivity index is 2.21. The van der Waals surface area contributed by atoms with Crippen molar-refractivity contribution in [3.8, 4) is 0 Å². The first-order valence-corrected chi connectivity index (χ1v) is 8.19. The molecule has 2 aliphatic rings. The summed E-state index contributed by atoms with van der Waals surface area (Å²) < 4.78 is 0. The van der Waals surface area contributed by atoms with Crippen molar-refractivity contribution in [2.24, 2.45) is 0 Å². The number of benzene rings is 1. The van der Waals surface area contributed by atoms with Crippen molar-refractivity contribution < 1.29 is 4.79 Å². The van der Waals surface area contributed by atoms with Crippen LogP contribution >= 0.6 is 10.5 Å². The molecule has 0 bridgehead atoms. The van der Waals surface area contributed by atoms with Gasteiger partial charge in [0.05, 0.1) is 0 Å². The highest BCUT2D eigenvalue weighted by Crippen LogP contribution is 2.40. The number of carbonyl (C=O) groups excluding carboxylic acids is 1. The lowest BCUT2D eigenvalue weighted by Crippen LogP contribution is -1.99. The Hall–Kier alpha value is -1.15. The van der Waals surface area contributed by atoms with Gasteiger partial charge in [-0.05, 0) is 47.3 Å². The second kappa shape index (κ2) is 4.51. The van der Waals surface area contributed by atoms with E-state index in [4.69, 9.17) is 0 Å². The Labute approximate surface area is 111 Å². The van der Waals surface area contributed by atoms with Gasteiger partial charge >= 0.3 is 0 Å². The van der Waals surface area contributed by atoms with Crippen molar-refractivity contribution in [2.75, 3.05) is 11.5 Å². The average molecular weight is 258 g/mol. The lowest BCUT2D eigenvalue weighted by atomic mass is 10.0. The van der Waals surface area contributed by atoms with Crippen LogP contribution in [0.2, 0.25) is 0 Å². The molecule has 1 aromatic carbocycles. The maximum Gasteiger partial charge on any atom is 0.189 e. The molecule has 2 heteroatoms. The molecule has 94 valence electrons. The third kappa shape index (κ3) is 1.63. The van der Waals surface area contributed by atoms with E-state index < -0.39 is 0 Å². The van der Waals surface area contributed by atoms with Crippen LogP contribution in [-0.2, 0) is 0 Å². The Kier molecular flexibility index (Phi) is 2.98. The Morgan fingerprint density at radius 3 is 2.67 bits per heavy atom. The fourth-order valence-electron chi connectivity index (χ4n) is 3.04. The summed E-state index contributed by atoms with van der Waals surface area (Å²) in [5, 5.41) is 0. The molecular formula is C16H18OS. The van der Waals surface area contributed by atoms with Gasteiger partial charge in [0.1, 0.15) is 0 Å². The molecule has 1 unspecified atom stereocenters. The fourth-order valence-corrected chi connectivity index (χ4v) is 5.40. The standard InChI is InChI=1S/C16H18OS/c1-3-18-10-6-9-14(18)15-11(2)16(17)13-8-5-4-7-12(13)15/h4-5,7-8H,3,6,9-10H2,1-2H3. The van der Waals surface area contributed by atoms with Crippen LogP contribution in [0.4, 0.5) is 0 Å². The first kappa shape index (κ1) is 11.9. The number of Topliss-reactive ketones (excluding diaryl/α,β-unsaturated/α-hetero) is 1. The van der Waals surface area contributed by atoms with Gasteiger partial charge in [-0.3, -0.25) is 4.79 Å². The van der Waals surface area contributed by atoms with Gasteiger partial charge in [0.15, 0.2) is 5.78 Å². The van der Waals surface area contributed by atoms with Crippen LogP contribution in [0.3, 0.4) is 0 Å². The lowest BCUT2D eigenvalue weighted by Gasteiger charge is -2.10. The molecule has 3 rings (SSSR count). The first-order chi connectivity index (χ1) is 8.74. The minimum atomic E-state index is 0.236. The molecule has 0 radical (unpaired) electrons. The molecule has 0 amide bonds. The summed E-state index contributed by atoms with van der Waals surface area (Å²) in [6.45, 7) is 4.27. The molecule has 0 saturated heterocycles. The van der Waals surface area contributed by atoms with Gasteiger partial charge in [-0.15, -0.1) is 0 Å². The molecule has 1 aliphatic carbocycles. The van der Waals surface area contributed by atoms with Crippen LogP contribution in [-0.4, -0.2) is 22.2 Å². The summed E-state index contributed by atoms with van der Waals surface area (Å²) in [7, 11) is 0.402. The average Bonchev–Trinajstić information content (AvgIpc) is 2.95. The van der Waals surface area contributed by atoms with Crippen LogP contribution in [0.1, 0.15) is 42.6 Å². The predicted molar refractivity (Wildman–Crippen MR) is 80.6 cm³/mol. The van der Waals surface area contributed by atoms with E-state index in [9.17, 15) is 4.79 Å². The number of hydrogen-bond donors (Lipinski definition) is 0. The Bertz CT molecular complexity index is 593. The maximum atomic E-state index is 12.3. The van der Waals surface area contributed by atoms with Crippen molar-refractivity contribution in [3.63, 3.8) is 0 Å². The summed E-state index contributed by atoms with van der Waals surface area (Å²) >= 11 is 0. The fraction of sp³-hybridized carbons (Fsp3) is 0.375.